The van der Waals surface area contributed by atoms with Gasteiger partial charge >= 0.3 is 0 Å². The number of nitrogens with two attached hydrogens (primary N) is 1. The molecule has 0 saturated heterocycles. The van der Waals surface area contributed by atoms with Crippen LogP contribution in [-0.4, -0.2) is 21.8 Å². The van der Waals surface area contributed by atoms with Gasteiger partial charge in [-0.15, -0.1) is 0 Å². The maximum Gasteiger partial charge on any atom is 0.270 e. The van der Waals surface area contributed by atoms with Crippen LogP contribution in [0.3, 0.4) is 0 Å². The van der Waals surface area contributed by atoms with Crippen molar-refractivity contribution in [2.75, 3.05) is 5.73 Å². The summed E-state index contributed by atoms with van der Waals surface area (Å²) in [5.41, 5.74) is 10.2. The Hall–Kier alpha value is -3.81. The number of rotatable bonds is 5. The molecule has 0 spiro atoms. The van der Waals surface area contributed by atoms with E-state index < -0.39 is 5.91 Å². The van der Waals surface area contributed by atoms with Crippen molar-refractivity contribution in [2.45, 2.75) is 32.4 Å². The summed E-state index contributed by atoms with van der Waals surface area (Å²) in [6.45, 7) is 1.88. The molecule has 1 aliphatic carbocycles. The predicted octanol–water partition coefficient (Wildman–Crippen LogP) is 2.85. The maximum absolute atomic E-state index is 13.4. The Bertz CT molecular complexity index is 1160. The summed E-state index contributed by atoms with van der Waals surface area (Å²) in [5, 5.41) is 5.69. The summed E-state index contributed by atoms with van der Waals surface area (Å²) >= 11 is 0. The van der Waals surface area contributed by atoms with E-state index in [2.05, 4.69) is 20.6 Å². The van der Waals surface area contributed by atoms with Gasteiger partial charge in [0.1, 0.15) is 23.5 Å². The lowest BCUT2D eigenvalue weighted by Crippen LogP contribution is -2.29. The van der Waals surface area contributed by atoms with E-state index in [1.807, 2.05) is 18.2 Å². The van der Waals surface area contributed by atoms with Gasteiger partial charge < -0.3 is 16.4 Å². The number of halogens is 1. The van der Waals surface area contributed by atoms with Crippen LogP contribution in [0.2, 0.25) is 0 Å². The number of hydrogen-bond acceptors (Lipinski definition) is 5. The lowest BCUT2D eigenvalue weighted by molar-refractivity contribution is 0.0931. The number of fused-ring (bicyclic) bond motifs is 1. The maximum atomic E-state index is 13.4. The van der Waals surface area contributed by atoms with Crippen molar-refractivity contribution in [2.24, 2.45) is 0 Å². The van der Waals surface area contributed by atoms with Gasteiger partial charge in [-0.25, -0.2) is 14.4 Å². The van der Waals surface area contributed by atoms with Gasteiger partial charge in [0.25, 0.3) is 11.8 Å². The van der Waals surface area contributed by atoms with Crippen LogP contribution >= 0.6 is 0 Å². The van der Waals surface area contributed by atoms with Gasteiger partial charge in [0, 0.05) is 18.3 Å². The molecule has 2 aromatic carbocycles. The van der Waals surface area contributed by atoms with Gasteiger partial charge in [-0.1, -0.05) is 18.2 Å². The highest BCUT2D eigenvalue weighted by Gasteiger charge is 2.25. The average Bonchev–Trinajstić information content (AvgIpc) is 3.16. The molecule has 3 aromatic rings. The number of hydrogen-bond donors (Lipinski definition) is 3. The van der Waals surface area contributed by atoms with Gasteiger partial charge in [-0.2, -0.15) is 0 Å². The first-order valence-corrected chi connectivity index (χ1v) is 9.95. The molecule has 0 bridgehead atoms. The lowest BCUT2D eigenvalue weighted by atomic mass is 10.1. The predicted molar refractivity (Wildman–Crippen MR) is 114 cm³/mol. The normalized spacial score (nSPS) is 14.7. The Morgan fingerprint density at radius 3 is 2.65 bits per heavy atom. The van der Waals surface area contributed by atoms with Crippen molar-refractivity contribution in [1.82, 2.24) is 20.6 Å². The van der Waals surface area contributed by atoms with E-state index in [0.717, 1.165) is 29.5 Å². The van der Waals surface area contributed by atoms with E-state index in [1.54, 1.807) is 19.1 Å². The molecular weight excluding hydrogens is 397 g/mol. The second-order valence-corrected chi connectivity index (χ2v) is 7.58. The Morgan fingerprint density at radius 1 is 1.10 bits per heavy atom. The number of nitrogens with one attached hydrogen (secondary N) is 2. The number of carbonyl (C=O) groups excluding carboxylic acids is 2. The van der Waals surface area contributed by atoms with Crippen LogP contribution in [-0.2, 0) is 13.0 Å². The summed E-state index contributed by atoms with van der Waals surface area (Å²) in [7, 11) is 0. The van der Waals surface area contributed by atoms with Crippen LogP contribution in [0, 0.1) is 12.7 Å². The molecule has 1 atom stereocenters. The van der Waals surface area contributed by atoms with E-state index in [-0.39, 0.29) is 35.7 Å². The molecule has 7 nitrogen and oxygen atoms in total. The Balaban J connectivity index is 1.41. The van der Waals surface area contributed by atoms with E-state index >= 15 is 0 Å². The van der Waals surface area contributed by atoms with E-state index in [9.17, 15) is 14.0 Å². The first-order chi connectivity index (χ1) is 14.9. The van der Waals surface area contributed by atoms with Crippen molar-refractivity contribution < 1.29 is 14.0 Å². The Morgan fingerprint density at radius 2 is 1.87 bits per heavy atom. The van der Waals surface area contributed by atoms with Crippen LogP contribution in [0.25, 0.3) is 0 Å². The second kappa shape index (κ2) is 8.51. The fourth-order valence-corrected chi connectivity index (χ4v) is 3.71. The van der Waals surface area contributed by atoms with Crippen molar-refractivity contribution >= 4 is 17.5 Å². The van der Waals surface area contributed by atoms with Gasteiger partial charge in [-0.3, -0.25) is 9.59 Å². The first-order valence-electron chi connectivity index (χ1n) is 9.95. The summed E-state index contributed by atoms with van der Waals surface area (Å²) in [5.74, 6) is -1.12. The smallest absolute Gasteiger partial charge is 0.270 e. The van der Waals surface area contributed by atoms with Crippen LogP contribution < -0.4 is 16.4 Å². The highest BCUT2D eigenvalue weighted by Crippen LogP contribution is 2.32. The summed E-state index contributed by atoms with van der Waals surface area (Å²) in [6, 6.07) is 11.5. The largest absolute Gasteiger partial charge is 0.399 e. The standard InChI is InChI=1S/C23H22FN5O2/c1-13-8-14(2-6-18(13)24)11-26-22(30)20-10-21(28-12-27-20)23(31)29-19-7-3-15-9-16(25)4-5-17(15)19/h2,4-6,8-10,12,19H,3,7,11,25H2,1H3,(H,26,30)(H,29,31)/t19-/m0/s1. The van der Waals surface area contributed by atoms with Crippen molar-refractivity contribution in [3.05, 3.63) is 88.3 Å². The van der Waals surface area contributed by atoms with E-state index in [0.29, 0.717) is 11.3 Å². The zero-order valence-electron chi connectivity index (χ0n) is 17.0. The third-order valence-corrected chi connectivity index (χ3v) is 5.36. The monoisotopic (exact) mass is 419 g/mol. The number of nitrogens with zero attached hydrogens (tertiary/aromatic N) is 2. The molecule has 4 rings (SSSR count). The van der Waals surface area contributed by atoms with Gasteiger partial charge in [0.2, 0.25) is 0 Å². The van der Waals surface area contributed by atoms with Crippen LogP contribution in [0.4, 0.5) is 10.1 Å². The highest BCUT2D eigenvalue weighted by molar-refractivity contribution is 5.97. The second-order valence-electron chi connectivity index (χ2n) is 7.58. The quantitative estimate of drug-likeness (QED) is 0.551. The third kappa shape index (κ3) is 4.53. The third-order valence-electron chi connectivity index (χ3n) is 5.36. The fourth-order valence-electron chi connectivity index (χ4n) is 3.71. The van der Waals surface area contributed by atoms with Gasteiger partial charge in [-0.05, 0) is 60.2 Å². The SMILES string of the molecule is Cc1cc(CNC(=O)c2cc(C(=O)N[C@H]3CCc4cc(N)ccc43)ncn2)ccc1F. The number of benzene rings is 2. The number of amides is 2. The first kappa shape index (κ1) is 20.5. The molecule has 8 heteroatoms. The van der Waals surface area contributed by atoms with Crippen LogP contribution in [0.5, 0.6) is 0 Å². The number of aryl methyl sites for hydroxylation is 2. The van der Waals surface area contributed by atoms with E-state index in [1.165, 1.54) is 18.5 Å². The Kier molecular flexibility index (Phi) is 5.62. The van der Waals surface area contributed by atoms with Crippen LogP contribution in [0.1, 0.15) is 55.7 Å². The molecule has 0 aliphatic heterocycles. The minimum absolute atomic E-state index is 0.0820. The molecular formula is C23H22FN5O2. The van der Waals surface area contributed by atoms with Gasteiger partial charge in [0.05, 0.1) is 6.04 Å². The molecule has 2 amide bonds. The van der Waals surface area contributed by atoms with Gasteiger partial charge in [0.15, 0.2) is 0 Å². The molecule has 0 radical (unpaired) electrons. The molecule has 1 aliphatic rings. The number of nitrogen functional groups attached to an aromatic ring is 1. The molecule has 158 valence electrons. The summed E-state index contributed by atoms with van der Waals surface area (Å²) in [4.78, 5) is 33.1. The van der Waals surface area contributed by atoms with Crippen molar-refractivity contribution in [1.29, 1.82) is 0 Å². The van der Waals surface area contributed by atoms with Crippen molar-refractivity contribution in [3.8, 4) is 0 Å². The van der Waals surface area contributed by atoms with E-state index in [4.69, 9.17) is 5.73 Å². The average molecular weight is 419 g/mol. The molecule has 31 heavy (non-hydrogen) atoms. The molecule has 0 fully saturated rings. The summed E-state index contributed by atoms with van der Waals surface area (Å²) in [6.07, 6.45) is 2.81. The molecule has 4 N–H and O–H groups in total. The molecule has 1 heterocycles. The Labute approximate surface area is 178 Å². The molecule has 0 saturated carbocycles. The highest BCUT2D eigenvalue weighted by atomic mass is 19.1. The zero-order chi connectivity index (χ0) is 22.0. The topological polar surface area (TPSA) is 110 Å². The molecule has 1 aromatic heterocycles. The number of aromatic nitrogens is 2. The van der Waals surface area contributed by atoms with Crippen LogP contribution in [0.15, 0.2) is 48.8 Å². The fraction of sp³-hybridized carbons (Fsp3) is 0.217. The minimum Gasteiger partial charge on any atom is -0.399 e. The number of anilines is 1. The zero-order valence-corrected chi connectivity index (χ0v) is 17.0. The lowest BCUT2D eigenvalue weighted by Gasteiger charge is -2.14. The minimum atomic E-state index is -0.444. The number of carbonyl (C=O) groups is 2. The summed E-state index contributed by atoms with van der Waals surface area (Å²) < 4.78 is 13.4. The van der Waals surface area contributed by atoms with Crippen molar-refractivity contribution in [3.63, 3.8) is 0 Å². The molecule has 0 unspecified atom stereocenters.